The minimum atomic E-state index is 0.448. The van der Waals surface area contributed by atoms with E-state index >= 15 is 0 Å². The SMILES string of the molecule is Cc1nc2ccc(CCl)cc2nc1Cl. The van der Waals surface area contributed by atoms with Gasteiger partial charge in [-0.3, -0.25) is 0 Å². The van der Waals surface area contributed by atoms with Crippen LogP contribution < -0.4 is 0 Å². The molecule has 2 rings (SSSR count). The van der Waals surface area contributed by atoms with Gasteiger partial charge >= 0.3 is 0 Å². The number of rotatable bonds is 1. The summed E-state index contributed by atoms with van der Waals surface area (Å²) in [6.07, 6.45) is 0. The van der Waals surface area contributed by atoms with E-state index in [1.54, 1.807) is 0 Å². The Morgan fingerprint density at radius 1 is 1.21 bits per heavy atom. The zero-order valence-corrected chi connectivity index (χ0v) is 9.10. The van der Waals surface area contributed by atoms with Crippen molar-refractivity contribution in [3.63, 3.8) is 0 Å². The largest absolute Gasteiger partial charge is 0.248 e. The molecule has 2 nitrogen and oxygen atoms in total. The summed E-state index contributed by atoms with van der Waals surface area (Å²) >= 11 is 11.6. The zero-order valence-electron chi connectivity index (χ0n) is 7.59. The van der Waals surface area contributed by atoms with Crippen LogP contribution >= 0.6 is 23.2 Å². The monoisotopic (exact) mass is 226 g/mol. The molecule has 1 aromatic carbocycles. The Balaban J connectivity index is 2.70. The van der Waals surface area contributed by atoms with Crippen molar-refractivity contribution in [2.45, 2.75) is 12.8 Å². The maximum atomic E-state index is 5.88. The van der Waals surface area contributed by atoms with Crippen LogP contribution in [0, 0.1) is 6.92 Å². The summed E-state index contributed by atoms with van der Waals surface area (Å²) in [7, 11) is 0. The van der Waals surface area contributed by atoms with E-state index in [9.17, 15) is 0 Å². The maximum Gasteiger partial charge on any atom is 0.150 e. The first-order valence-electron chi connectivity index (χ1n) is 4.19. The van der Waals surface area contributed by atoms with Gasteiger partial charge in [-0.15, -0.1) is 11.6 Å². The van der Waals surface area contributed by atoms with Crippen LogP contribution in [0.4, 0.5) is 0 Å². The molecule has 0 amide bonds. The van der Waals surface area contributed by atoms with Crippen LogP contribution in [0.2, 0.25) is 5.15 Å². The van der Waals surface area contributed by atoms with E-state index in [2.05, 4.69) is 9.97 Å². The van der Waals surface area contributed by atoms with Crippen LogP contribution in [0.15, 0.2) is 18.2 Å². The molecule has 0 aliphatic heterocycles. The van der Waals surface area contributed by atoms with Crippen LogP contribution in [0.5, 0.6) is 0 Å². The van der Waals surface area contributed by atoms with Crippen LogP contribution in [0.25, 0.3) is 11.0 Å². The summed E-state index contributed by atoms with van der Waals surface area (Å²) in [5.74, 6) is 0.475. The molecule has 0 bridgehead atoms. The molecule has 0 N–H and O–H groups in total. The quantitative estimate of drug-likeness (QED) is 0.698. The minimum Gasteiger partial charge on any atom is -0.248 e. The minimum absolute atomic E-state index is 0.448. The number of aromatic nitrogens is 2. The van der Waals surface area contributed by atoms with Crippen LogP contribution in [-0.2, 0) is 5.88 Å². The highest BCUT2D eigenvalue weighted by Gasteiger charge is 2.03. The highest BCUT2D eigenvalue weighted by Crippen LogP contribution is 2.18. The first-order valence-corrected chi connectivity index (χ1v) is 5.10. The molecule has 1 heterocycles. The summed E-state index contributed by atoms with van der Waals surface area (Å²) in [5, 5.41) is 0.448. The molecular formula is C10H8Cl2N2. The Morgan fingerprint density at radius 2 is 2.00 bits per heavy atom. The molecule has 0 radical (unpaired) electrons. The number of aryl methyl sites for hydroxylation is 1. The number of hydrogen-bond donors (Lipinski definition) is 0. The third-order valence-electron chi connectivity index (χ3n) is 2.00. The second-order valence-electron chi connectivity index (χ2n) is 3.06. The lowest BCUT2D eigenvalue weighted by Crippen LogP contribution is -1.90. The molecule has 4 heteroatoms. The number of benzene rings is 1. The fourth-order valence-electron chi connectivity index (χ4n) is 1.25. The molecule has 2 aromatic rings. The molecule has 0 aliphatic carbocycles. The van der Waals surface area contributed by atoms with E-state index in [0.29, 0.717) is 11.0 Å². The van der Waals surface area contributed by atoms with E-state index < -0.39 is 0 Å². The Bertz CT molecular complexity index is 483. The Hall–Kier alpha value is -0.860. The molecule has 14 heavy (non-hydrogen) atoms. The summed E-state index contributed by atoms with van der Waals surface area (Å²) in [6, 6.07) is 5.75. The first kappa shape index (κ1) is 9.69. The van der Waals surface area contributed by atoms with Gasteiger partial charge in [-0.05, 0) is 24.6 Å². The highest BCUT2D eigenvalue weighted by atomic mass is 35.5. The summed E-state index contributed by atoms with van der Waals surface area (Å²) in [4.78, 5) is 8.54. The van der Waals surface area contributed by atoms with Crippen LogP contribution in [0.1, 0.15) is 11.3 Å². The van der Waals surface area contributed by atoms with Gasteiger partial charge in [0.1, 0.15) is 0 Å². The molecule has 72 valence electrons. The number of nitrogens with zero attached hydrogens (tertiary/aromatic N) is 2. The van der Waals surface area contributed by atoms with Crippen molar-refractivity contribution in [1.29, 1.82) is 0 Å². The maximum absolute atomic E-state index is 5.88. The molecule has 0 aliphatic rings. The van der Waals surface area contributed by atoms with Gasteiger partial charge < -0.3 is 0 Å². The lowest BCUT2D eigenvalue weighted by Gasteiger charge is -2.02. The second-order valence-corrected chi connectivity index (χ2v) is 3.68. The molecule has 1 aromatic heterocycles. The van der Waals surface area contributed by atoms with Gasteiger partial charge in [-0.25, -0.2) is 9.97 Å². The van der Waals surface area contributed by atoms with Gasteiger partial charge in [0.25, 0.3) is 0 Å². The summed E-state index contributed by atoms with van der Waals surface area (Å²) < 4.78 is 0. The third-order valence-corrected chi connectivity index (χ3v) is 2.67. The van der Waals surface area contributed by atoms with Crippen molar-refractivity contribution < 1.29 is 0 Å². The number of hydrogen-bond acceptors (Lipinski definition) is 2. The van der Waals surface area contributed by atoms with E-state index in [-0.39, 0.29) is 0 Å². The standard InChI is InChI=1S/C10H8Cl2N2/c1-6-10(12)14-9-4-7(5-11)2-3-8(9)13-6/h2-4H,5H2,1H3. The Morgan fingerprint density at radius 3 is 2.71 bits per heavy atom. The predicted octanol–water partition coefficient (Wildman–Crippen LogP) is 3.33. The zero-order chi connectivity index (χ0) is 10.1. The molecular weight excluding hydrogens is 219 g/mol. The van der Waals surface area contributed by atoms with Crippen molar-refractivity contribution in [3.05, 3.63) is 34.6 Å². The second kappa shape index (κ2) is 3.71. The van der Waals surface area contributed by atoms with Crippen molar-refractivity contribution in [2.75, 3.05) is 0 Å². The van der Waals surface area contributed by atoms with E-state index in [0.717, 1.165) is 22.3 Å². The van der Waals surface area contributed by atoms with Gasteiger partial charge in [0.15, 0.2) is 5.15 Å². The number of alkyl halides is 1. The molecule has 0 fully saturated rings. The third kappa shape index (κ3) is 1.68. The smallest absolute Gasteiger partial charge is 0.150 e. The molecule has 0 atom stereocenters. The van der Waals surface area contributed by atoms with Gasteiger partial charge in [0.2, 0.25) is 0 Å². The van der Waals surface area contributed by atoms with Gasteiger partial charge in [-0.1, -0.05) is 17.7 Å². The number of fused-ring (bicyclic) bond motifs is 1. The van der Waals surface area contributed by atoms with Gasteiger partial charge in [-0.2, -0.15) is 0 Å². The van der Waals surface area contributed by atoms with E-state index in [4.69, 9.17) is 23.2 Å². The predicted molar refractivity (Wildman–Crippen MR) is 58.8 cm³/mol. The Labute approximate surface area is 91.9 Å². The Kier molecular flexibility index (Phi) is 2.57. The first-order chi connectivity index (χ1) is 6.70. The topological polar surface area (TPSA) is 25.8 Å². The fraction of sp³-hybridized carbons (Fsp3) is 0.200. The van der Waals surface area contributed by atoms with E-state index in [1.807, 2.05) is 25.1 Å². The molecule has 0 unspecified atom stereocenters. The molecule has 0 saturated heterocycles. The van der Waals surface area contributed by atoms with Gasteiger partial charge in [0.05, 0.1) is 16.7 Å². The van der Waals surface area contributed by atoms with E-state index in [1.165, 1.54) is 0 Å². The molecule has 0 spiro atoms. The normalized spacial score (nSPS) is 10.8. The molecule has 0 saturated carbocycles. The van der Waals surface area contributed by atoms with Crippen molar-refractivity contribution in [3.8, 4) is 0 Å². The number of halogens is 2. The lowest BCUT2D eigenvalue weighted by atomic mass is 10.2. The van der Waals surface area contributed by atoms with Gasteiger partial charge in [0, 0.05) is 5.88 Å². The fourth-order valence-corrected chi connectivity index (χ4v) is 1.55. The average Bonchev–Trinajstić information content (AvgIpc) is 2.19. The van der Waals surface area contributed by atoms with Crippen LogP contribution in [0.3, 0.4) is 0 Å². The van der Waals surface area contributed by atoms with Crippen molar-refractivity contribution in [1.82, 2.24) is 9.97 Å². The van der Waals surface area contributed by atoms with Crippen molar-refractivity contribution >= 4 is 34.2 Å². The van der Waals surface area contributed by atoms with Crippen LogP contribution in [-0.4, -0.2) is 9.97 Å². The summed E-state index contributed by atoms with van der Waals surface area (Å²) in [6.45, 7) is 1.84. The summed E-state index contributed by atoms with van der Waals surface area (Å²) in [5.41, 5.74) is 3.41. The highest BCUT2D eigenvalue weighted by molar-refractivity contribution is 6.30. The average molecular weight is 227 g/mol. The lowest BCUT2D eigenvalue weighted by molar-refractivity contribution is 1.18. The van der Waals surface area contributed by atoms with Crippen molar-refractivity contribution in [2.24, 2.45) is 0 Å².